The molecule has 2 nitrogen and oxygen atoms in total. The van der Waals surface area contributed by atoms with Crippen molar-refractivity contribution in [2.24, 2.45) is 17.8 Å². The third-order valence-electron chi connectivity index (χ3n) is 4.26. The molecule has 2 heteroatoms. The van der Waals surface area contributed by atoms with Crippen molar-refractivity contribution in [2.75, 3.05) is 26.2 Å². The summed E-state index contributed by atoms with van der Waals surface area (Å²) in [5.74, 6) is 2.67. The fourth-order valence-electron chi connectivity index (χ4n) is 3.10. The van der Waals surface area contributed by atoms with Gasteiger partial charge < -0.3 is 5.32 Å². The van der Waals surface area contributed by atoms with E-state index < -0.39 is 0 Å². The van der Waals surface area contributed by atoms with Gasteiger partial charge in [0.15, 0.2) is 0 Å². The molecule has 3 atom stereocenters. The van der Waals surface area contributed by atoms with Gasteiger partial charge in [-0.2, -0.15) is 0 Å². The Kier molecular flexibility index (Phi) is 3.68. The molecular formula is C13H26N2. The van der Waals surface area contributed by atoms with E-state index in [4.69, 9.17) is 0 Å². The molecule has 0 radical (unpaired) electrons. The van der Waals surface area contributed by atoms with E-state index in [2.05, 4.69) is 31.0 Å². The Balaban J connectivity index is 1.84. The number of rotatable bonds is 2. The van der Waals surface area contributed by atoms with E-state index in [9.17, 15) is 0 Å². The number of nitrogens with one attached hydrogen (secondary N) is 1. The maximum Gasteiger partial charge on any atom is 0.0223 e. The lowest BCUT2D eigenvalue weighted by Crippen LogP contribution is -2.47. The largest absolute Gasteiger partial charge is 0.315 e. The van der Waals surface area contributed by atoms with Crippen LogP contribution in [0.3, 0.4) is 0 Å². The van der Waals surface area contributed by atoms with Crippen LogP contribution in [-0.4, -0.2) is 37.1 Å². The van der Waals surface area contributed by atoms with E-state index in [1.165, 1.54) is 39.0 Å². The fraction of sp³-hybridized carbons (Fsp3) is 1.00. The summed E-state index contributed by atoms with van der Waals surface area (Å²) < 4.78 is 0. The molecule has 3 unspecified atom stereocenters. The van der Waals surface area contributed by atoms with E-state index in [1.54, 1.807) is 0 Å². The molecule has 15 heavy (non-hydrogen) atoms. The standard InChI is InChI=1S/C13H26N2/c1-10(2)12-4-5-15(9-12)13-6-11(3)7-14-8-13/h10-14H,4-9H2,1-3H3. The molecule has 0 aromatic rings. The highest BCUT2D eigenvalue weighted by atomic mass is 15.2. The molecule has 2 aliphatic heterocycles. The van der Waals surface area contributed by atoms with E-state index in [0.29, 0.717) is 0 Å². The Morgan fingerprint density at radius 2 is 2.07 bits per heavy atom. The molecule has 0 spiro atoms. The van der Waals surface area contributed by atoms with Crippen LogP contribution in [0, 0.1) is 17.8 Å². The maximum atomic E-state index is 3.56. The summed E-state index contributed by atoms with van der Waals surface area (Å²) in [5.41, 5.74) is 0. The van der Waals surface area contributed by atoms with Crippen LogP contribution in [0.25, 0.3) is 0 Å². The van der Waals surface area contributed by atoms with Gasteiger partial charge in [-0.25, -0.2) is 0 Å². The molecule has 0 aliphatic carbocycles. The van der Waals surface area contributed by atoms with Crippen LogP contribution >= 0.6 is 0 Å². The second kappa shape index (κ2) is 4.84. The van der Waals surface area contributed by atoms with Gasteiger partial charge in [-0.1, -0.05) is 20.8 Å². The summed E-state index contributed by atoms with van der Waals surface area (Å²) in [6, 6.07) is 0.817. The van der Waals surface area contributed by atoms with Crippen LogP contribution in [0.5, 0.6) is 0 Å². The molecule has 2 saturated heterocycles. The van der Waals surface area contributed by atoms with Gasteiger partial charge in [-0.15, -0.1) is 0 Å². The van der Waals surface area contributed by atoms with Gasteiger partial charge in [0.05, 0.1) is 0 Å². The molecule has 2 aliphatic rings. The van der Waals surface area contributed by atoms with E-state index in [0.717, 1.165) is 23.8 Å². The summed E-state index contributed by atoms with van der Waals surface area (Å²) in [5, 5.41) is 3.56. The van der Waals surface area contributed by atoms with Crippen LogP contribution in [0.2, 0.25) is 0 Å². The normalized spacial score (nSPS) is 38.8. The molecule has 0 bridgehead atoms. The zero-order chi connectivity index (χ0) is 10.8. The molecule has 1 N–H and O–H groups in total. The molecule has 0 amide bonds. The predicted octanol–water partition coefficient (Wildman–Crippen LogP) is 1.96. The minimum Gasteiger partial charge on any atom is -0.315 e. The number of piperidine rings is 1. The summed E-state index contributed by atoms with van der Waals surface area (Å²) in [6.07, 6.45) is 2.82. The molecule has 2 heterocycles. The van der Waals surface area contributed by atoms with Crippen LogP contribution in [0.4, 0.5) is 0 Å². The topological polar surface area (TPSA) is 15.3 Å². The third-order valence-corrected chi connectivity index (χ3v) is 4.26. The first-order valence-electron chi connectivity index (χ1n) is 6.61. The van der Waals surface area contributed by atoms with Crippen LogP contribution in [-0.2, 0) is 0 Å². The number of nitrogens with zero attached hydrogens (tertiary/aromatic N) is 1. The Morgan fingerprint density at radius 3 is 2.67 bits per heavy atom. The Hall–Kier alpha value is -0.0800. The Morgan fingerprint density at radius 1 is 1.27 bits per heavy atom. The van der Waals surface area contributed by atoms with Gasteiger partial charge in [0.2, 0.25) is 0 Å². The summed E-state index contributed by atoms with van der Waals surface area (Å²) in [4.78, 5) is 2.73. The van der Waals surface area contributed by atoms with Crippen LogP contribution in [0.15, 0.2) is 0 Å². The quantitative estimate of drug-likeness (QED) is 0.749. The van der Waals surface area contributed by atoms with Gasteiger partial charge >= 0.3 is 0 Å². The molecular weight excluding hydrogens is 184 g/mol. The highest BCUT2D eigenvalue weighted by molar-refractivity contribution is 4.87. The Labute approximate surface area is 94.4 Å². The minimum atomic E-state index is 0.817. The summed E-state index contributed by atoms with van der Waals surface area (Å²) in [7, 11) is 0. The first-order chi connectivity index (χ1) is 7.16. The highest BCUT2D eigenvalue weighted by Gasteiger charge is 2.31. The third kappa shape index (κ3) is 2.73. The molecule has 88 valence electrons. The zero-order valence-electron chi connectivity index (χ0n) is 10.5. The first-order valence-corrected chi connectivity index (χ1v) is 6.61. The molecule has 2 rings (SSSR count). The summed E-state index contributed by atoms with van der Waals surface area (Å²) in [6.45, 7) is 12.2. The summed E-state index contributed by atoms with van der Waals surface area (Å²) >= 11 is 0. The average Bonchev–Trinajstić information content (AvgIpc) is 2.66. The van der Waals surface area contributed by atoms with Crippen molar-refractivity contribution < 1.29 is 0 Å². The second-order valence-electron chi connectivity index (χ2n) is 5.94. The van der Waals surface area contributed by atoms with Crippen molar-refractivity contribution in [3.05, 3.63) is 0 Å². The van der Waals surface area contributed by atoms with Gasteiger partial charge in [0.25, 0.3) is 0 Å². The van der Waals surface area contributed by atoms with Gasteiger partial charge in [-0.05, 0) is 43.7 Å². The fourth-order valence-corrected chi connectivity index (χ4v) is 3.10. The Bertz CT molecular complexity index is 203. The second-order valence-corrected chi connectivity index (χ2v) is 5.94. The molecule has 0 aromatic carbocycles. The lowest BCUT2D eigenvalue weighted by molar-refractivity contribution is 0.167. The van der Waals surface area contributed by atoms with E-state index in [-0.39, 0.29) is 0 Å². The number of hydrogen-bond donors (Lipinski definition) is 1. The smallest absolute Gasteiger partial charge is 0.0223 e. The van der Waals surface area contributed by atoms with Gasteiger partial charge in [-0.3, -0.25) is 4.90 Å². The first kappa shape index (κ1) is 11.4. The van der Waals surface area contributed by atoms with Gasteiger partial charge in [0.1, 0.15) is 0 Å². The van der Waals surface area contributed by atoms with Crippen molar-refractivity contribution in [2.45, 2.75) is 39.7 Å². The van der Waals surface area contributed by atoms with Crippen molar-refractivity contribution in [3.8, 4) is 0 Å². The van der Waals surface area contributed by atoms with Crippen LogP contribution in [0.1, 0.15) is 33.6 Å². The zero-order valence-corrected chi connectivity index (χ0v) is 10.5. The van der Waals surface area contributed by atoms with Crippen molar-refractivity contribution >= 4 is 0 Å². The van der Waals surface area contributed by atoms with Crippen LogP contribution < -0.4 is 5.32 Å². The maximum absolute atomic E-state index is 3.56. The number of likely N-dealkylation sites (tertiary alicyclic amines) is 1. The van der Waals surface area contributed by atoms with E-state index >= 15 is 0 Å². The number of hydrogen-bond acceptors (Lipinski definition) is 2. The van der Waals surface area contributed by atoms with Crippen molar-refractivity contribution in [3.63, 3.8) is 0 Å². The molecule has 2 fully saturated rings. The monoisotopic (exact) mass is 210 g/mol. The van der Waals surface area contributed by atoms with E-state index in [1.807, 2.05) is 0 Å². The van der Waals surface area contributed by atoms with Crippen molar-refractivity contribution in [1.82, 2.24) is 10.2 Å². The lowest BCUT2D eigenvalue weighted by atomic mass is 9.94. The molecule has 0 saturated carbocycles. The highest BCUT2D eigenvalue weighted by Crippen LogP contribution is 2.27. The van der Waals surface area contributed by atoms with Gasteiger partial charge in [0, 0.05) is 19.1 Å². The SMILES string of the molecule is CC1CNCC(N2CCC(C(C)C)C2)C1. The van der Waals surface area contributed by atoms with Crippen molar-refractivity contribution in [1.29, 1.82) is 0 Å². The molecule has 0 aromatic heterocycles. The average molecular weight is 210 g/mol. The minimum absolute atomic E-state index is 0.817. The predicted molar refractivity (Wildman–Crippen MR) is 65.0 cm³/mol. The lowest BCUT2D eigenvalue weighted by Gasteiger charge is -2.34.